The first kappa shape index (κ1) is 128. The standard InChI is InChI=1S/3C36H71O3P.Nd/c3*1-3-5-7-9-11-13-15-17-19-21-23-25-27-29-31-33-35-39-40(37,38)36-34-32-30-28-26-24-22-20-18-16-14-12-10-8-6-4-2;/h3*17-20H,3-16,21-36H2,1-2H3,(H,37,38);/q;;;+3/p-3. The van der Waals surface area contributed by atoms with Crippen molar-refractivity contribution in [1.82, 2.24) is 0 Å². The molecule has 1 radical (unpaired) electrons. The Labute approximate surface area is 791 Å². The zero-order valence-corrected chi connectivity index (χ0v) is 88.0. The van der Waals surface area contributed by atoms with Crippen molar-refractivity contribution in [3.63, 3.8) is 0 Å². The molecule has 0 aromatic heterocycles. The topological polar surface area (TPSA) is 148 Å². The normalized spacial score (nSPS) is 13.5. The molecule has 0 rings (SSSR count). The van der Waals surface area contributed by atoms with Gasteiger partial charge in [-0.2, -0.15) is 0 Å². The van der Waals surface area contributed by atoms with Crippen LogP contribution in [-0.2, 0) is 27.3 Å². The van der Waals surface area contributed by atoms with Crippen LogP contribution in [0.1, 0.15) is 581 Å². The van der Waals surface area contributed by atoms with Gasteiger partial charge in [0.05, 0.1) is 19.8 Å². The second-order valence-corrected chi connectivity index (χ2v) is 41.9. The second-order valence-electron chi connectivity index (χ2n) is 36.1. The predicted molar refractivity (Wildman–Crippen MR) is 532 cm³/mol. The summed E-state index contributed by atoms with van der Waals surface area (Å²) in [5, 5.41) is 0. The minimum absolute atomic E-state index is 0. The third-order valence-electron chi connectivity index (χ3n) is 23.7. The first-order valence-electron chi connectivity index (χ1n) is 53.6. The van der Waals surface area contributed by atoms with Crippen molar-refractivity contribution in [2.45, 2.75) is 581 Å². The zero-order valence-electron chi connectivity index (χ0n) is 82.1. The molecule has 0 aliphatic carbocycles. The van der Waals surface area contributed by atoms with E-state index in [1.54, 1.807) is 0 Å². The largest absolute Gasteiger partial charge is 3.00 e. The molecule has 0 aliphatic rings. The molecule has 13 heteroatoms. The Kier molecular flexibility index (Phi) is 119. The third kappa shape index (κ3) is 122. The fraction of sp³-hybridized carbons (Fsp3) is 0.889. The number of hydrogen-bond acceptors (Lipinski definition) is 9. The molecule has 3 unspecified atom stereocenters. The molecule has 121 heavy (non-hydrogen) atoms. The van der Waals surface area contributed by atoms with E-state index in [9.17, 15) is 28.4 Å². The minimum Gasteiger partial charge on any atom is -0.778 e. The zero-order chi connectivity index (χ0) is 87.7. The summed E-state index contributed by atoms with van der Waals surface area (Å²) in [6.07, 6.45) is 134. The van der Waals surface area contributed by atoms with E-state index in [4.69, 9.17) is 13.6 Å². The average molecular weight is 1890 g/mol. The van der Waals surface area contributed by atoms with Gasteiger partial charge in [-0.25, -0.2) is 0 Å². The maximum Gasteiger partial charge on any atom is 3.00 e. The van der Waals surface area contributed by atoms with Crippen LogP contribution in [0.5, 0.6) is 0 Å². The molecular weight excluding hydrogens is 1680 g/mol. The van der Waals surface area contributed by atoms with Crippen LogP contribution >= 0.6 is 22.8 Å². The summed E-state index contributed by atoms with van der Waals surface area (Å²) in [5.41, 5.74) is 0. The molecule has 0 heterocycles. The second kappa shape index (κ2) is 113. The quantitative estimate of drug-likeness (QED) is 0.0330. The summed E-state index contributed by atoms with van der Waals surface area (Å²) in [6, 6.07) is 0. The maximum atomic E-state index is 12.1. The van der Waals surface area contributed by atoms with E-state index in [0.29, 0.717) is 19.8 Å². The van der Waals surface area contributed by atoms with Crippen molar-refractivity contribution in [1.29, 1.82) is 0 Å². The summed E-state index contributed by atoms with van der Waals surface area (Å²) < 4.78 is 52.2. The van der Waals surface area contributed by atoms with Crippen LogP contribution in [0.15, 0.2) is 72.9 Å². The summed E-state index contributed by atoms with van der Waals surface area (Å²) in [6.45, 7) is 14.7. The molecule has 0 aromatic carbocycles. The molecule has 0 N–H and O–H groups in total. The molecule has 0 amide bonds. The molecule has 0 saturated heterocycles. The van der Waals surface area contributed by atoms with E-state index in [0.717, 1.165) is 96.3 Å². The van der Waals surface area contributed by atoms with Crippen LogP contribution in [0.4, 0.5) is 0 Å². The number of rotatable bonds is 99. The summed E-state index contributed by atoms with van der Waals surface area (Å²) in [4.78, 5) is 36.4. The molecule has 0 aromatic rings. The third-order valence-corrected chi connectivity index (χ3v) is 28.0. The van der Waals surface area contributed by atoms with Crippen LogP contribution in [0, 0.1) is 40.8 Å². The van der Waals surface area contributed by atoms with Crippen LogP contribution < -0.4 is 14.7 Å². The van der Waals surface area contributed by atoms with Gasteiger partial charge in [-0.3, -0.25) is 0 Å². The van der Waals surface area contributed by atoms with Gasteiger partial charge >= 0.3 is 40.8 Å². The Morgan fingerprint density at radius 1 is 0.157 bits per heavy atom. The summed E-state index contributed by atoms with van der Waals surface area (Å²) >= 11 is 0. The van der Waals surface area contributed by atoms with E-state index in [1.165, 1.54) is 443 Å². The Morgan fingerprint density at radius 3 is 0.380 bits per heavy atom. The van der Waals surface area contributed by atoms with Gasteiger partial charge in [-0.05, 0) is 193 Å². The Bertz CT molecular complexity index is 2010. The molecular formula is C108H210NdO9P3. The Morgan fingerprint density at radius 2 is 0.256 bits per heavy atom. The fourth-order valence-electron chi connectivity index (χ4n) is 15.5. The molecule has 0 saturated carbocycles. The van der Waals surface area contributed by atoms with Gasteiger partial charge in [-0.15, -0.1) is 0 Å². The van der Waals surface area contributed by atoms with Gasteiger partial charge in [0, 0.05) is 18.5 Å². The van der Waals surface area contributed by atoms with Crippen LogP contribution in [-0.4, -0.2) is 38.3 Å². The SMILES string of the molecule is CCCCCCCCC=CCCCCCCCCOP(=O)([O-])CCCCCCCCC=CCCCCCCCC.CCCCCCCCC=CCCCCCCCCOP(=O)([O-])CCCCCCCCC=CCCCCCCCC.CCCCCCCCC=CCCCCCCCCOP(=O)([O-])CCCCCCCCC=CCCCCCCCC.[Nd+3]. The maximum absolute atomic E-state index is 12.1. The molecule has 715 valence electrons. The van der Waals surface area contributed by atoms with E-state index in [1.807, 2.05) is 0 Å². The van der Waals surface area contributed by atoms with Gasteiger partial charge in [0.2, 0.25) is 0 Å². The molecule has 0 fully saturated rings. The van der Waals surface area contributed by atoms with Crippen molar-refractivity contribution in [2.75, 3.05) is 38.3 Å². The molecule has 0 aliphatic heterocycles. The van der Waals surface area contributed by atoms with Crippen molar-refractivity contribution in [3.05, 3.63) is 72.9 Å². The predicted octanol–water partition coefficient (Wildman–Crippen LogP) is 37.9. The van der Waals surface area contributed by atoms with Crippen molar-refractivity contribution < 1.29 is 82.8 Å². The van der Waals surface area contributed by atoms with Crippen LogP contribution in [0.3, 0.4) is 0 Å². The fourth-order valence-corrected chi connectivity index (χ4v) is 19.0. The number of unbranched alkanes of at least 4 members (excludes halogenated alkanes) is 72. The molecule has 9 nitrogen and oxygen atoms in total. The molecule has 3 atom stereocenters. The van der Waals surface area contributed by atoms with Gasteiger partial charge in [0.25, 0.3) is 0 Å². The van der Waals surface area contributed by atoms with Crippen molar-refractivity contribution >= 4 is 22.8 Å². The van der Waals surface area contributed by atoms with Gasteiger partial charge in [0.1, 0.15) is 22.8 Å². The van der Waals surface area contributed by atoms with Crippen molar-refractivity contribution in [3.8, 4) is 0 Å². The van der Waals surface area contributed by atoms with E-state index in [-0.39, 0.29) is 59.3 Å². The number of hydrogen-bond donors (Lipinski definition) is 0. The molecule has 0 spiro atoms. The monoisotopic (exact) mass is 1890 g/mol. The average Bonchev–Trinajstić information content (AvgIpc) is 0.951. The Hall–Kier alpha value is 0.241. The van der Waals surface area contributed by atoms with Gasteiger partial charge in [0.15, 0.2) is 0 Å². The Balaban J connectivity index is -0.000000845. The minimum atomic E-state index is -3.64. The van der Waals surface area contributed by atoms with E-state index >= 15 is 0 Å². The van der Waals surface area contributed by atoms with Crippen LogP contribution in [0.2, 0.25) is 0 Å². The van der Waals surface area contributed by atoms with Crippen molar-refractivity contribution in [2.24, 2.45) is 0 Å². The van der Waals surface area contributed by atoms with Crippen LogP contribution in [0.25, 0.3) is 0 Å². The molecule has 0 bridgehead atoms. The van der Waals surface area contributed by atoms with Gasteiger partial charge < -0.3 is 41.9 Å². The van der Waals surface area contributed by atoms with E-state index < -0.39 is 22.8 Å². The summed E-state index contributed by atoms with van der Waals surface area (Å²) in [7, 11) is -10.9. The number of allylic oxidation sites excluding steroid dienone is 12. The first-order chi connectivity index (χ1) is 58.9. The first-order valence-corrected chi connectivity index (χ1v) is 58.8. The smallest absolute Gasteiger partial charge is 0.778 e. The van der Waals surface area contributed by atoms with Gasteiger partial charge in [-0.1, -0.05) is 461 Å². The van der Waals surface area contributed by atoms with E-state index in [2.05, 4.69) is 114 Å². The summed E-state index contributed by atoms with van der Waals surface area (Å²) in [5.74, 6) is 0.